The van der Waals surface area contributed by atoms with Gasteiger partial charge in [0.15, 0.2) is 0 Å². The number of hydrogen-bond donors (Lipinski definition) is 2. The molecule has 0 aliphatic heterocycles. The zero-order valence-electron chi connectivity index (χ0n) is 12.3. The molecule has 2 amide bonds. The highest BCUT2D eigenvalue weighted by Crippen LogP contribution is 2.29. The van der Waals surface area contributed by atoms with Gasteiger partial charge in [-0.05, 0) is 18.2 Å². The van der Waals surface area contributed by atoms with E-state index in [1.54, 1.807) is 18.2 Å². The van der Waals surface area contributed by atoms with E-state index >= 15 is 0 Å². The second-order valence-electron chi connectivity index (χ2n) is 3.71. The van der Waals surface area contributed by atoms with Crippen LogP contribution in [0.1, 0.15) is 16.8 Å². The van der Waals surface area contributed by atoms with E-state index in [1.165, 1.54) is 19.1 Å². The first kappa shape index (κ1) is 18.6. The normalized spacial score (nSPS) is 8.95. The van der Waals surface area contributed by atoms with Crippen LogP contribution in [0.4, 0.5) is 10.5 Å². The van der Waals surface area contributed by atoms with E-state index in [4.69, 9.17) is 9.84 Å². The molecular formula is C14H20N2O5. The van der Waals surface area contributed by atoms with Crippen LogP contribution in [0.25, 0.3) is 0 Å². The molecular weight excluding hydrogens is 276 g/mol. The van der Waals surface area contributed by atoms with Crippen molar-refractivity contribution in [1.82, 2.24) is 5.32 Å². The Morgan fingerprint density at radius 2 is 2.05 bits per heavy atom. The van der Waals surface area contributed by atoms with Gasteiger partial charge < -0.3 is 20.0 Å². The summed E-state index contributed by atoms with van der Waals surface area (Å²) in [6, 6.07) is 4.38. The molecule has 7 heteroatoms. The highest BCUT2D eigenvalue weighted by molar-refractivity contribution is 5.95. The van der Waals surface area contributed by atoms with Crippen LogP contribution in [0.5, 0.6) is 5.75 Å². The van der Waals surface area contributed by atoms with Crippen molar-refractivity contribution in [1.29, 1.82) is 0 Å². The minimum atomic E-state index is -0.372. The van der Waals surface area contributed by atoms with Crippen LogP contribution in [0, 0.1) is 0 Å². The van der Waals surface area contributed by atoms with Crippen LogP contribution < -0.4 is 15.0 Å². The van der Waals surface area contributed by atoms with E-state index in [0.29, 0.717) is 23.3 Å². The number of aliphatic hydroxyl groups excluding tert-OH is 1. The first-order chi connectivity index (χ1) is 10.2. The highest BCUT2D eigenvalue weighted by atomic mass is 16.5. The molecule has 1 aromatic carbocycles. The first-order valence-electron chi connectivity index (χ1n) is 6.18. The third-order valence-corrected chi connectivity index (χ3v) is 2.56. The van der Waals surface area contributed by atoms with Crippen molar-refractivity contribution in [2.24, 2.45) is 0 Å². The fraction of sp³-hybridized carbons (Fsp3) is 0.357. The van der Waals surface area contributed by atoms with Crippen LogP contribution >= 0.6 is 0 Å². The Hall–Kier alpha value is -2.41. The quantitative estimate of drug-likeness (QED) is 0.759. The van der Waals surface area contributed by atoms with Gasteiger partial charge in [-0.25, -0.2) is 4.79 Å². The van der Waals surface area contributed by atoms with Crippen LogP contribution in [0.2, 0.25) is 0 Å². The predicted molar refractivity (Wildman–Crippen MR) is 79.0 cm³/mol. The zero-order valence-corrected chi connectivity index (χ0v) is 12.3. The summed E-state index contributed by atoms with van der Waals surface area (Å²) >= 11 is 0. The van der Waals surface area contributed by atoms with Crippen LogP contribution in [-0.4, -0.2) is 51.5 Å². The van der Waals surface area contributed by atoms with Crippen molar-refractivity contribution in [3.63, 3.8) is 0 Å². The summed E-state index contributed by atoms with van der Waals surface area (Å²) in [5, 5.41) is 9.49. The molecule has 0 spiro atoms. The molecule has 0 heterocycles. The standard InChI is InChI=1S/C13H16N2O4.CH4O/c1-14-13(18)15(6-3-7-16)11-8-10(9-17)4-5-12(11)19-2;1-2/h4-5,7-9H,3,6H2,1-2H3,(H,14,18);2H,1H3. The molecule has 116 valence electrons. The number of anilines is 1. The SMILES string of the molecule is CNC(=O)N(CCC=O)c1cc(C=O)ccc1OC.CO. The average Bonchev–Trinajstić information content (AvgIpc) is 2.56. The van der Waals surface area contributed by atoms with E-state index in [0.717, 1.165) is 13.4 Å². The zero-order chi connectivity index (χ0) is 16.3. The minimum Gasteiger partial charge on any atom is -0.495 e. The van der Waals surface area contributed by atoms with Gasteiger partial charge in [-0.1, -0.05) is 0 Å². The minimum absolute atomic E-state index is 0.196. The maximum Gasteiger partial charge on any atom is 0.321 e. The van der Waals surface area contributed by atoms with Crippen LogP contribution in [0.15, 0.2) is 18.2 Å². The Labute approximate surface area is 123 Å². The molecule has 0 saturated carbocycles. The smallest absolute Gasteiger partial charge is 0.321 e. The molecule has 7 nitrogen and oxygen atoms in total. The molecule has 0 radical (unpaired) electrons. The molecule has 1 aromatic rings. The van der Waals surface area contributed by atoms with Crippen molar-refractivity contribution in [3.8, 4) is 5.75 Å². The lowest BCUT2D eigenvalue weighted by Crippen LogP contribution is -2.39. The first-order valence-corrected chi connectivity index (χ1v) is 6.18. The molecule has 2 N–H and O–H groups in total. The molecule has 0 unspecified atom stereocenters. The number of ether oxygens (including phenoxy) is 1. The Bertz CT molecular complexity index is 476. The van der Waals surface area contributed by atoms with Gasteiger partial charge in [-0.3, -0.25) is 9.69 Å². The van der Waals surface area contributed by atoms with Crippen molar-refractivity contribution in [3.05, 3.63) is 23.8 Å². The van der Waals surface area contributed by atoms with Crippen LogP contribution in [-0.2, 0) is 4.79 Å². The van der Waals surface area contributed by atoms with Gasteiger partial charge in [0, 0.05) is 32.7 Å². The van der Waals surface area contributed by atoms with Gasteiger partial charge in [0.1, 0.15) is 18.3 Å². The van der Waals surface area contributed by atoms with E-state index in [2.05, 4.69) is 5.32 Å². The molecule has 0 bridgehead atoms. The molecule has 0 fully saturated rings. The summed E-state index contributed by atoms with van der Waals surface area (Å²) in [7, 11) is 3.97. The van der Waals surface area contributed by atoms with Gasteiger partial charge in [0.25, 0.3) is 0 Å². The third kappa shape index (κ3) is 5.23. The summed E-state index contributed by atoms with van der Waals surface area (Å²) in [6.45, 7) is 0.210. The monoisotopic (exact) mass is 296 g/mol. The number of benzene rings is 1. The van der Waals surface area contributed by atoms with Crippen molar-refractivity contribution in [2.45, 2.75) is 6.42 Å². The number of carbonyl (C=O) groups is 3. The van der Waals surface area contributed by atoms with Gasteiger partial charge >= 0.3 is 6.03 Å². The third-order valence-electron chi connectivity index (χ3n) is 2.56. The number of nitrogens with zero attached hydrogens (tertiary/aromatic N) is 1. The Balaban J connectivity index is 0.00000191. The fourth-order valence-electron chi connectivity index (χ4n) is 1.64. The second-order valence-corrected chi connectivity index (χ2v) is 3.71. The number of rotatable bonds is 6. The lowest BCUT2D eigenvalue weighted by molar-refractivity contribution is -0.107. The van der Waals surface area contributed by atoms with Crippen molar-refractivity contribution < 1.29 is 24.2 Å². The molecule has 0 aliphatic rings. The van der Waals surface area contributed by atoms with Crippen molar-refractivity contribution >= 4 is 24.3 Å². The van der Waals surface area contributed by atoms with Gasteiger partial charge in [0.05, 0.1) is 12.8 Å². The number of urea groups is 1. The maximum absolute atomic E-state index is 11.8. The highest BCUT2D eigenvalue weighted by Gasteiger charge is 2.18. The number of nitrogens with one attached hydrogen (secondary N) is 1. The number of methoxy groups -OCH3 is 1. The Kier molecular flexibility index (Phi) is 9.19. The topological polar surface area (TPSA) is 95.9 Å². The molecule has 0 aromatic heterocycles. The number of aliphatic hydroxyl groups is 1. The lowest BCUT2D eigenvalue weighted by Gasteiger charge is -2.23. The van der Waals surface area contributed by atoms with Crippen molar-refractivity contribution in [2.75, 3.05) is 32.7 Å². The van der Waals surface area contributed by atoms with Crippen LogP contribution in [0.3, 0.4) is 0 Å². The number of amides is 2. The Morgan fingerprint density at radius 3 is 2.52 bits per heavy atom. The van der Waals surface area contributed by atoms with E-state index < -0.39 is 0 Å². The molecule has 21 heavy (non-hydrogen) atoms. The van der Waals surface area contributed by atoms with E-state index in [9.17, 15) is 14.4 Å². The maximum atomic E-state index is 11.8. The van der Waals surface area contributed by atoms with Gasteiger partial charge in [-0.15, -0.1) is 0 Å². The lowest BCUT2D eigenvalue weighted by atomic mass is 10.2. The average molecular weight is 296 g/mol. The largest absolute Gasteiger partial charge is 0.495 e. The summed E-state index contributed by atoms with van der Waals surface area (Å²) in [5.41, 5.74) is 0.879. The summed E-state index contributed by atoms with van der Waals surface area (Å²) in [5.74, 6) is 0.458. The van der Waals surface area contributed by atoms with Gasteiger partial charge in [0.2, 0.25) is 0 Å². The number of carbonyl (C=O) groups excluding carboxylic acids is 3. The summed E-state index contributed by atoms with van der Waals surface area (Å²) in [6.07, 6.45) is 1.61. The predicted octanol–water partition coefficient (Wildman–Crippen LogP) is 0.851. The van der Waals surface area contributed by atoms with E-state index in [-0.39, 0.29) is 19.0 Å². The molecule has 0 atom stereocenters. The molecule has 0 aliphatic carbocycles. The summed E-state index contributed by atoms with van der Waals surface area (Å²) < 4.78 is 5.17. The fourth-order valence-corrected chi connectivity index (χ4v) is 1.64. The summed E-state index contributed by atoms with van der Waals surface area (Å²) in [4.78, 5) is 34.5. The van der Waals surface area contributed by atoms with E-state index in [1.807, 2.05) is 0 Å². The Morgan fingerprint density at radius 1 is 1.38 bits per heavy atom. The second kappa shape index (κ2) is 10.4. The molecule has 0 saturated heterocycles. The number of hydrogen-bond acceptors (Lipinski definition) is 5. The number of aldehydes is 2. The molecule has 1 rings (SSSR count). The van der Waals surface area contributed by atoms with Gasteiger partial charge in [-0.2, -0.15) is 0 Å².